The molecule has 1 atom stereocenters. The molecular weight excluding hydrogens is 635 g/mol. The third-order valence-corrected chi connectivity index (χ3v) is 10.9. The minimum absolute atomic E-state index is 0.674. The van der Waals surface area contributed by atoms with Gasteiger partial charge in [0, 0.05) is 38.7 Å². The molecule has 1 unspecified atom stereocenters. The van der Waals surface area contributed by atoms with E-state index in [9.17, 15) is 0 Å². The molecule has 0 N–H and O–H groups in total. The zero-order chi connectivity index (χ0) is 34.2. The Balaban J connectivity index is 1.16. The summed E-state index contributed by atoms with van der Waals surface area (Å²) in [5, 5.41) is 2.46. The first-order chi connectivity index (χ1) is 25.8. The molecule has 52 heavy (non-hydrogen) atoms. The summed E-state index contributed by atoms with van der Waals surface area (Å²) in [6.07, 6.45) is 0. The average molecular weight is 666 g/mol. The van der Waals surface area contributed by atoms with Gasteiger partial charge < -0.3 is 14.0 Å². The van der Waals surface area contributed by atoms with E-state index in [2.05, 4.69) is 193 Å². The molecular formula is C49H31NO2. The first-order valence-electron chi connectivity index (χ1n) is 17.8. The summed E-state index contributed by atoms with van der Waals surface area (Å²) in [4.78, 5) is 0. The average Bonchev–Trinajstić information content (AvgIpc) is 3.55. The molecule has 0 saturated carbocycles. The summed E-state index contributed by atoms with van der Waals surface area (Å²) in [7, 11) is 0. The van der Waals surface area contributed by atoms with Gasteiger partial charge in [0.15, 0.2) is 0 Å². The van der Waals surface area contributed by atoms with E-state index >= 15 is 0 Å². The van der Waals surface area contributed by atoms with Crippen LogP contribution in [0.4, 0.5) is 0 Å². The summed E-state index contributed by atoms with van der Waals surface area (Å²) < 4.78 is 15.9. The van der Waals surface area contributed by atoms with Crippen molar-refractivity contribution >= 4 is 21.8 Å². The molecule has 0 amide bonds. The van der Waals surface area contributed by atoms with Crippen molar-refractivity contribution < 1.29 is 9.47 Å². The Morgan fingerprint density at radius 2 is 0.865 bits per heavy atom. The highest BCUT2D eigenvalue weighted by Gasteiger charge is 2.50. The summed E-state index contributed by atoms with van der Waals surface area (Å²) in [6.45, 7) is 0. The van der Waals surface area contributed by atoms with Crippen LogP contribution in [-0.2, 0) is 5.41 Å². The number of fused-ring (bicyclic) bond motifs is 11. The Hall–Kier alpha value is -6.84. The molecule has 8 aromatic carbocycles. The molecule has 11 rings (SSSR count). The SMILES string of the molecule is c1ccc(-c2ccc3c(c2)Oc2ccccc2C32c3ccccc3Oc3ccc(-c4ccc5c(c4)c4ccccc4n5-c4ccccc4)cc32)cc1. The smallest absolute Gasteiger partial charge is 0.132 e. The van der Waals surface area contributed by atoms with Gasteiger partial charge in [0.25, 0.3) is 0 Å². The summed E-state index contributed by atoms with van der Waals surface area (Å²) in [5.74, 6) is 3.40. The number of hydrogen-bond acceptors (Lipinski definition) is 2. The van der Waals surface area contributed by atoms with Gasteiger partial charge in [-0.1, -0.05) is 127 Å². The monoisotopic (exact) mass is 665 g/mol. The van der Waals surface area contributed by atoms with Crippen molar-refractivity contribution in [2.45, 2.75) is 5.41 Å². The Bertz CT molecular complexity index is 2840. The van der Waals surface area contributed by atoms with E-state index in [-0.39, 0.29) is 0 Å². The predicted molar refractivity (Wildman–Crippen MR) is 210 cm³/mol. The number of hydrogen-bond donors (Lipinski definition) is 0. The lowest BCUT2D eigenvalue weighted by Crippen LogP contribution is -2.36. The molecule has 0 saturated heterocycles. The Morgan fingerprint density at radius 3 is 1.65 bits per heavy atom. The summed E-state index contributed by atoms with van der Waals surface area (Å²) >= 11 is 0. The Labute approximate surface area is 301 Å². The quantitative estimate of drug-likeness (QED) is 0.187. The first kappa shape index (κ1) is 28.9. The second-order valence-electron chi connectivity index (χ2n) is 13.7. The van der Waals surface area contributed by atoms with Crippen molar-refractivity contribution in [3.8, 4) is 50.9 Å². The topological polar surface area (TPSA) is 23.4 Å². The standard InChI is InChI=1S/C49H31NO2/c1-3-13-32(14-4-1)35-23-26-41-48(31-35)52-46-22-12-9-19-40(46)49(41)39-18-8-11-21-45(39)51-47-28-25-34(30-42(47)49)33-24-27-44-38(29-33)37-17-7-10-20-43(37)50(44)36-15-5-2-6-16-36/h1-31H. The third kappa shape index (κ3) is 4.08. The van der Waals surface area contributed by atoms with Crippen LogP contribution in [0.3, 0.4) is 0 Å². The van der Waals surface area contributed by atoms with Crippen molar-refractivity contribution in [1.29, 1.82) is 0 Å². The number of rotatable bonds is 3. The highest BCUT2D eigenvalue weighted by Crippen LogP contribution is 2.62. The maximum atomic E-state index is 6.80. The molecule has 0 radical (unpaired) electrons. The summed E-state index contributed by atoms with van der Waals surface area (Å²) in [5.41, 5.74) is 11.8. The van der Waals surface area contributed by atoms with Crippen LogP contribution in [0.2, 0.25) is 0 Å². The normalized spacial score (nSPS) is 15.3. The van der Waals surface area contributed by atoms with Crippen molar-refractivity contribution in [1.82, 2.24) is 4.57 Å². The van der Waals surface area contributed by atoms with E-state index < -0.39 is 5.41 Å². The van der Waals surface area contributed by atoms with Gasteiger partial charge in [0.05, 0.1) is 16.4 Å². The van der Waals surface area contributed by atoms with Crippen LogP contribution in [0, 0.1) is 0 Å². The fourth-order valence-corrected chi connectivity index (χ4v) is 8.66. The van der Waals surface area contributed by atoms with Crippen LogP contribution in [0.5, 0.6) is 23.0 Å². The van der Waals surface area contributed by atoms with Gasteiger partial charge in [-0.15, -0.1) is 0 Å². The Morgan fingerprint density at radius 1 is 0.327 bits per heavy atom. The number of nitrogens with zero attached hydrogens (tertiary/aromatic N) is 1. The maximum absolute atomic E-state index is 6.80. The molecule has 244 valence electrons. The highest BCUT2D eigenvalue weighted by atomic mass is 16.5. The molecule has 2 aliphatic heterocycles. The number of ether oxygens (including phenoxy) is 2. The van der Waals surface area contributed by atoms with Gasteiger partial charge >= 0.3 is 0 Å². The van der Waals surface area contributed by atoms with E-state index in [0.717, 1.165) is 73.2 Å². The third-order valence-electron chi connectivity index (χ3n) is 10.9. The van der Waals surface area contributed by atoms with Gasteiger partial charge in [0.1, 0.15) is 23.0 Å². The van der Waals surface area contributed by atoms with Crippen molar-refractivity contribution in [3.05, 3.63) is 210 Å². The van der Waals surface area contributed by atoms with Gasteiger partial charge in [-0.05, 0) is 82.9 Å². The van der Waals surface area contributed by atoms with E-state index in [1.807, 2.05) is 0 Å². The van der Waals surface area contributed by atoms with E-state index in [1.54, 1.807) is 0 Å². The van der Waals surface area contributed by atoms with Crippen molar-refractivity contribution in [2.75, 3.05) is 0 Å². The van der Waals surface area contributed by atoms with Gasteiger partial charge in [0.2, 0.25) is 0 Å². The number of benzene rings is 8. The Kier molecular flexibility index (Phi) is 6.17. The van der Waals surface area contributed by atoms with Crippen molar-refractivity contribution in [2.24, 2.45) is 0 Å². The number of aromatic nitrogens is 1. The highest BCUT2D eigenvalue weighted by molar-refractivity contribution is 6.10. The molecule has 3 nitrogen and oxygen atoms in total. The van der Waals surface area contributed by atoms with Crippen LogP contribution >= 0.6 is 0 Å². The van der Waals surface area contributed by atoms with Gasteiger partial charge in [-0.2, -0.15) is 0 Å². The van der Waals surface area contributed by atoms with Crippen molar-refractivity contribution in [3.63, 3.8) is 0 Å². The second-order valence-corrected chi connectivity index (χ2v) is 13.7. The van der Waals surface area contributed by atoms with Crippen LogP contribution in [-0.4, -0.2) is 4.57 Å². The molecule has 0 aliphatic carbocycles. The number of para-hydroxylation sites is 4. The lowest BCUT2D eigenvalue weighted by atomic mass is 9.62. The molecule has 3 heterocycles. The fourth-order valence-electron chi connectivity index (χ4n) is 8.66. The van der Waals surface area contributed by atoms with Crippen LogP contribution < -0.4 is 9.47 Å². The predicted octanol–water partition coefficient (Wildman–Crippen LogP) is 12.7. The van der Waals surface area contributed by atoms with Crippen LogP contribution in [0.25, 0.3) is 49.7 Å². The lowest BCUT2D eigenvalue weighted by molar-refractivity contribution is 0.399. The molecule has 1 spiro atoms. The first-order valence-corrected chi connectivity index (χ1v) is 17.8. The fraction of sp³-hybridized carbons (Fsp3) is 0.0204. The van der Waals surface area contributed by atoms with Crippen LogP contribution in [0.15, 0.2) is 188 Å². The van der Waals surface area contributed by atoms with E-state index in [1.165, 1.54) is 21.8 Å². The molecule has 1 aromatic heterocycles. The van der Waals surface area contributed by atoms with E-state index in [0.29, 0.717) is 0 Å². The van der Waals surface area contributed by atoms with Gasteiger partial charge in [-0.25, -0.2) is 0 Å². The van der Waals surface area contributed by atoms with Gasteiger partial charge in [-0.3, -0.25) is 0 Å². The lowest BCUT2D eigenvalue weighted by Gasteiger charge is -2.45. The minimum atomic E-state index is -0.674. The molecule has 9 aromatic rings. The summed E-state index contributed by atoms with van der Waals surface area (Å²) in [6, 6.07) is 67.0. The minimum Gasteiger partial charge on any atom is -0.457 e. The zero-order valence-corrected chi connectivity index (χ0v) is 28.2. The molecule has 2 aliphatic rings. The zero-order valence-electron chi connectivity index (χ0n) is 28.2. The molecule has 0 bridgehead atoms. The second kappa shape index (κ2) is 11.1. The maximum Gasteiger partial charge on any atom is 0.132 e. The molecule has 3 heteroatoms. The van der Waals surface area contributed by atoms with E-state index in [4.69, 9.17) is 9.47 Å². The van der Waals surface area contributed by atoms with Crippen LogP contribution in [0.1, 0.15) is 22.3 Å². The molecule has 0 fully saturated rings. The largest absolute Gasteiger partial charge is 0.457 e.